The van der Waals surface area contributed by atoms with Crippen molar-refractivity contribution in [1.82, 2.24) is 0 Å². The Labute approximate surface area is 505 Å². The van der Waals surface area contributed by atoms with Crippen molar-refractivity contribution < 1.29 is 28.6 Å². The first-order chi connectivity index (χ1) is 40.0. The average Bonchev–Trinajstić information content (AvgIpc) is 3.47. The summed E-state index contributed by atoms with van der Waals surface area (Å²) < 4.78 is 17.0. The van der Waals surface area contributed by atoms with Crippen molar-refractivity contribution in [3.05, 3.63) is 48.6 Å². The lowest BCUT2D eigenvalue weighted by atomic mass is 10.0. The van der Waals surface area contributed by atoms with E-state index in [0.717, 1.165) is 83.5 Å². The standard InChI is InChI=1S/C75H138O6/c1-4-7-10-13-16-19-22-25-28-29-30-31-32-33-34-35-36-37-38-39-40-41-42-43-44-45-48-50-53-56-59-62-65-68-74(77)80-71-72(81-75(78)69-66-63-60-57-54-51-47-27-24-21-18-15-12-9-6-3)70-79-73(76)67-64-61-58-55-52-49-46-26-23-20-17-14-11-8-5-2/h7,10,16,19,25,28,30-31,72H,4-6,8-9,11-15,17-18,20-24,26-27,29,32-71H2,1-3H3/b10-7-,19-16-,28-25-,31-30-. The highest BCUT2D eigenvalue weighted by molar-refractivity contribution is 5.71. The average molecular weight is 1140 g/mol. The Balaban J connectivity index is 4.11. The number of hydrogen-bond acceptors (Lipinski definition) is 6. The first-order valence-electron chi connectivity index (χ1n) is 36.1. The number of esters is 3. The van der Waals surface area contributed by atoms with Gasteiger partial charge in [-0.25, -0.2) is 0 Å². The van der Waals surface area contributed by atoms with Crippen LogP contribution < -0.4 is 0 Å². The fraction of sp³-hybridized carbons (Fsp3) is 0.853. The minimum atomic E-state index is -0.767. The minimum absolute atomic E-state index is 0.0642. The van der Waals surface area contributed by atoms with Gasteiger partial charge in [0.05, 0.1) is 0 Å². The molecule has 0 N–H and O–H groups in total. The van der Waals surface area contributed by atoms with E-state index in [1.54, 1.807) is 0 Å². The predicted molar refractivity (Wildman–Crippen MR) is 353 cm³/mol. The first kappa shape index (κ1) is 78.4. The van der Waals surface area contributed by atoms with E-state index in [9.17, 15) is 14.4 Å². The summed E-state index contributed by atoms with van der Waals surface area (Å²) in [5.74, 6) is -0.831. The van der Waals surface area contributed by atoms with Crippen LogP contribution in [0.2, 0.25) is 0 Å². The van der Waals surface area contributed by atoms with Gasteiger partial charge in [-0.1, -0.05) is 365 Å². The van der Waals surface area contributed by atoms with Crippen LogP contribution in [0.15, 0.2) is 48.6 Å². The molecule has 6 nitrogen and oxygen atoms in total. The highest BCUT2D eigenvalue weighted by Gasteiger charge is 2.19. The van der Waals surface area contributed by atoms with Crippen LogP contribution in [0.4, 0.5) is 0 Å². The Morgan fingerprint density at radius 2 is 0.481 bits per heavy atom. The number of rotatable bonds is 67. The molecule has 0 aliphatic heterocycles. The van der Waals surface area contributed by atoms with Gasteiger partial charge in [0.1, 0.15) is 13.2 Å². The number of unbranched alkanes of at least 4 members (excludes halogenated alkanes) is 48. The van der Waals surface area contributed by atoms with Crippen molar-refractivity contribution in [2.45, 2.75) is 399 Å². The molecule has 0 saturated heterocycles. The van der Waals surface area contributed by atoms with Crippen molar-refractivity contribution in [3.8, 4) is 0 Å². The van der Waals surface area contributed by atoms with Gasteiger partial charge in [-0.3, -0.25) is 14.4 Å². The molecule has 1 unspecified atom stereocenters. The third-order valence-electron chi connectivity index (χ3n) is 16.3. The topological polar surface area (TPSA) is 78.9 Å². The maximum Gasteiger partial charge on any atom is 0.306 e. The molecular weight excluding hydrogens is 997 g/mol. The summed E-state index contributed by atoms with van der Waals surface area (Å²) in [6, 6.07) is 0. The molecular formula is C75H138O6. The summed E-state index contributed by atoms with van der Waals surface area (Å²) in [4.78, 5) is 38.4. The summed E-state index contributed by atoms with van der Waals surface area (Å²) in [6.07, 6.45) is 88.7. The summed E-state index contributed by atoms with van der Waals surface area (Å²) in [5, 5.41) is 0. The van der Waals surface area contributed by atoms with Crippen LogP contribution in [0.1, 0.15) is 393 Å². The molecule has 81 heavy (non-hydrogen) atoms. The van der Waals surface area contributed by atoms with Crippen LogP contribution in [0, 0.1) is 0 Å². The minimum Gasteiger partial charge on any atom is -0.462 e. The molecule has 0 aromatic heterocycles. The second kappa shape index (κ2) is 69.9. The van der Waals surface area contributed by atoms with Gasteiger partial charge in [-0.2, -0.15) is 0 Å². The third kappa shape index (κ3) is 68.0. The van der Waals surface area contributed by atoms with Crippen molar-refractivity contribution >= 4 is 17.9 Å². The maximum absolute atomic E-state index is 12.9. The Morgan fingerprint density at radius 3 is 0.753 bits per heavy atom. The lowest BCUT2D eigenvalue weighted by molar-refractivity contribution is -0.167. The van der Waals surface area contributed by atoms with Gasteiger partial charge >= 0.3 is 17.9 Å². The lowest BCUT2D eigenvalue weighted by Gasteiger charge is -2.18. The van der Waals surface area contributed by atoms with Crippen molar-refractivity contribution in [1.29, 1.82) is 0 Å². The molecule has 0 aliphatic rings. The Bertz CT molecular complexity index is 1400. The molecule has 0 aromatic rings. The molecule has 1 atom stereocenters. The molecule has 0 spiro atoms. The molecule has 0 fully saturated rings. The first-order valence-corrected chi connectivity index (χ1v) is 36.1. The van der Waals surface area contributed by atoms with Crippen LogP contribution in [-0.2, 0) is 28.6 Å². The highest BCUT2D eigenvalue weighted by atomic mass is 16.6. The van der Waals surface area contributed by atoms with E-state index in [1.807, 2.05) is 0 Å². The van der Waals surface area contributed by atoms with Crippen LogP contribution >= 0.6 is 0 Å². The Kier molecular flexibility index (Phi) is 67.6. The van der Waals surface area contributed by atoms with Crippen molar-refractivity contribution in [2.24, 2.45) is 0 Å². The zero-order valence-corrected chi connectivity index (χ0v) is 54.6. The number of hydrogen-bond donors (Lipinski definition) is 0. The molecule has 0 aliphatic carbocycles. The van der Waals surface area contributed by atoms with Gasteiger partial charge < -0.3 is 14.2 Å². The largest absolute Gasteiger partial charge is 0.462 e. The van der Waals surface area contributed by atoms with E-state index in [-0.39, 0.29) is 31.1 Å². The van der Waals surface area contributed by atoms with Gasteiger partial charge in [0.2, 0.25) is 0 Å². The van der Waals surface area contributed by atoms with Gasteiger partial charge in [0, 0.05) is 19.3 Å². The molecule has 0 aromatic carbocycles. The monoisotopic (exact) mass is 1140 g/mol. The van der Waals surface area contributed by atoms with E-state index >= 15 is 0 Å². The smallest absolute Gasteiger partial charge is 0.306 e. The molecule has 0 bridgehead atoms. The molecule has 0 amide bonds. The zero-order chi connectivity index (χ0) is 58.5. The second-order valence-electron chi connectivity index (χ2n) is 24.5. The third-order valence-corrected chi connectivity index (χ3v) is 16.3. The normalized spacial score (nSPS) is 12.3. The van der Waals surface area contributed by atoms with E-state index in [1.165, 1.54) is 270 Å². The van der Waals surface area contributed by atoms with Gasteiger partial charge in [-0.15, -0.1) is 0 Å². The van der Waals surface area contributed by atoms with Crippen LogP contribution in [0.25, 0.3) is 0 Å². The van der Waals surface area contributed by atoms with Gasteiger partial charge in [0.15, 0.2) is 6.10 Å². The van der Waals surface area contributed by atoms with E-state index in [0.29, 0.717) is 19.3 Å². The molecule has 474 valence electrons. The number of carbonyl (C=O) groups excluding carboxylic acids is 3. The lowest BCUT2D eigenvalue weighted by Crippen LogP contribution is -2.30. The van der Waals surface area contributed by atoms with E-state index in [4.69, 9.17) is 14.2 Å². The molecule has 0 radical (unpaired) electrons. The van der Waals surface area contributed by atoms with Crippen LogP contribution in [-0.4, -0.2) is 37.2 Å². The zero-order valence-electron chi connectivity index (χ0n) is 54.6. The fourth-order valence-electron chi connectivity index (χ4n) is 11.0. The maximum atomic E-state index is 12.9. The second-order valence-corrected chi connectivity index (χ2v) is 24.5. The summed E-state index contributed by atoms with van der Waals surface area (Å²) in [5.41, 5.74) is 0. The molecule has 6 heteroatoms. The molecule has 0 heterocycles. The highest BCUT2D eigenvalue weighted by Crippen LogP contribution is 2.19. The fourth-order valence-corrected chi connectivity index (χ4v) is 11.0. The number of carbonyl (C=O) groups is 3. The van der Waals surface area contributed by atoms with Crippen LogP contribution in [0.3, 0.4) is 0 Å². The van der Waals surface area contributed by atoms with Crippen molar-refractivity contribution in [2.75, 3.05) is 13.2 Å². The van der Waals surface area contributed by atoms with Gasteiger partial charge in [0.25, 0.3) is 0 Å². The predicted octanol–water partition coefficient (Wildman–Crippen LogP) is 24.9. The number of allylic oxidation sites excluding steroid dienone is 8. The SMILES string of the molecule is CC/C=C\C/C=C\C/C=C\C/C=C\CCCCCCCCCCCCCCCCCCCCCCC(=O)OCC(COC(=O)CCCCCCCCCCCCCCCCC)OC(=O)CCCCCCCCCCCCCCCCC. The Morgan fingerprint density at radius 1 is 0.259 bits per heavy atom. The Hall–Kier alpha value is -2.63. The molecule has 0 rings (SSSR count). The van der Waals surface area contributed by atoms with E-state index < -0.39 is 6.10 Å². The summed E-state index contributed by atoms with van der Waals surface area (Å²) in [7, 11) is 0. The van der Waals surface area contributed by atoms with Gasteiger partial charge in [-0.05, 0) is 57.8 Å². The quantitative estimate of drug-likeness (QED) is 0.0261. The number of ether oxygens (including phenoxy) is 3. The van der Waals surface area contributed by atoms with Crippen molar-refractivity contribution in [3.63, 3.8) is 0 Å². The summed E-state index contributed by atoms with van der Waals surface area (Å²) in [6.45, 7) is 6.60. The summed E-state index contributed by atoms with van der Waals surface area (Å²) >= 11 is 0. The van der Waals surface area contributed by atoms with Crippen LogP contribution in [0.5, 0.6) is 0 Å². The molecule has 0 saturated carbocycles. The van der Waals surface area contributed by atoms with E-state index in [2.05, 4.69) is 69.4 Å².